The number of anilines is 2. The molecule has 7 heteroatoms. The third-order valence-corrected chi connectivity index (χ3v) is 2.63. The Morgan fingerprint density at radius 3 is 2.76 bits per heavy atom. The number of benzene rings is 1. The normalized spacial score (nSPS) is 10.0. The number of nitrogen functional groups attached to an aromatic ring is 1. The molecule has 116 valence electrons. The Morgan fingerprint density at radius 1 is 1.33 bits per heavy atom. The summed E-state index contributed by atoms with van der Waals surface area (Å²) in [5, 5.41) is 5.60. The lowest BCUT2D eigenvalue weighted by molar-refractivity contribution is -0.119. The summed E-state index contributed by atoms with van der Waals surface area (Å²) in [6, 6.07) is 4.85. The smallest absolute Gasteiger partial charge is 0.340 e. The summed E-state index contributed by atoms with van der Waals surface area (Å²) in [6.45, 7) is 3.00. The van der Waals surface area contributed by atoms with Gasteiger partial charge in [-0.05, 0) is 25.1 Å². The van der Waals surface area contributed by atoms with Gasteiger partial charge in [-0.1, -0.05) is 0 Å². The molecule has 0 fully saturated rings. The second-order valence-corrected chi connectivity index (χ2v) is 4.22. The fourth-order valence-corrected chi connectivity index (χ4v) is 1.59. The minimum atomic E-state index is -0.483. The quantitative estimate of drug-likeness (QED) is 0.369. The number of rotatable bonds is 8. The standard InChI is InChI=1S/C14H21N3O4/c1-3-21-14(19)11-8-10(4-5-12(11)15)17-9-13(18)16-6-7-20-2/h4-5,8,17H,3,6-7,9,15H2,1-2H3,(H,16,18). The third kappa shape index (κ3) is 5.70. The van der Waals surface area contributed by atoms with Gasteiger partial charge in [0.1, 0.15) is 0 Å². The molecule has 1 rings (SSSR count). The molecule has 21 heavy (non-hydrogen) atoms. The van der Waals surface area contributed by atoms with Crippen molar-refractivity contribution >= 4 is 23.3 Å². The predicted octanol–water partition coefficient (Wildman–Crippen LogP) is 0.620. The molecule has 0 heterocycles. The first-order valence-corrected chi connectivity index (χ1v) is 6.64. The Balaban J connectivity index is 2.58. The Hall–Kier alpha value is -2.28. The maximum Gasteiger partial charge on any atom is 0.340 e. The van der Waals surface area contributed by atoms with Gasteiger partial charge in [0, 0.05) is 25.0 Å². The van der Waals surface area contributed by atoms with Crippen LogP contribution < -0.4 is 16.4 Å². The summed E-state index contributed by atoms with van der Waals surface area (Å²) in [4.78, 5) is 23.2. The highest BCUT2D eigenvalue weighted by Gasteiger charge is 2.11. The van der Waals surface area contributed by atoms with Gasteiger partial charge in [0.25, 0.3) is 0 Å². The van der Waals surface area contributed by atoms with Gasteiger partial charge in [0.05, 0.1) is 25.3 Å². The van der Waals surface area contributed by atoms with Crippen molar-refractivity contribution < 1.29 is 19.1 Å². The Labute approximate surface area is 123 Å². The number of hydrogen-bond donors (Lipinski definition) is 3. The number of esters is 1. The van der Waals surface area contributed by atoms with E-state index in [1.165, 1.54) is 0 Å². The van der Waals surface area contributed by atoms with Crippen LogP contribution in [0.2, 0.25) is 0 Å². The van der Waals surface area contributed by atoms with Crippen LogP contribution >= 0.6 is 0 Å². The molecule has 0 radical (unpaired) electrons. The molecule has 1 aromatic rings. The molecule has 0 bridgehead atoms. The number of hydrogen-bond acceptors (Lipinski definition) is 6. The largest absolute Gasteiger partial charge is 0.462 e. The molecule has 1 aromatic carbocycles. The molecule has 4 N–H and O–H groups in total. The zero-order valence-corrected chi connectivity index (χ0v) is 12.3. The summed E-state index contributed by atoms with van der Waals surface area (Å²) in [5.74, 6) is -0.648. The summed E-state index contributed by atoms with van der Waals surface area (Å²) in [6.07, 6.45) is 0. The van der Waals surface area contributed by atoms with Crippen LogP contribution in [0.5, 0.6) is 0 Å². The zero-order valence-electron chi connectivity index (χ0n) is 12.3. The molecule has 0 aromatic heterocycles. The van der Waals surface area contributed by atoms with Gasteiger partial charge in [-0.15, -0.1) is 0 Å². The van der Waals surface area contributed by atoms with Gasteiger partial charge in [0.15, 0.2) is 0 Å². The highest BCUT2D eigenvalue weighted by atomic mass is 16.5. The first-order valence-electron chi connectivity index (χ1n) is 6.64. The second kappa shape index (κ2) is 8.80. The average molecular weight is 295 g/mol. The first kappa shape index (κ1) is 16.8. The van der Waals surface area contributed by atoms with E-state index >= 15 is 0 Å². The number of carbonyl (C=O) groups is 2. The fraction of sp³-hybridized carbons (Fsp3) is 0.429. The maximum absolute atomic E-state index is 11.7. The van der Waals surface area contributed by atoms with Crippen LogP contribution in [0.4, 0.5) is 11.4 Å². The average Bonchev–Trinajstić information content (AvgIpc) is 2.47. The van der Waals surface area contributed by atoms with Crippen molar-refractivity contribution in [3.8, 4) is 0 Å². The highest BCUT2D eigenvalue weighted by molar-refractivity contribution is 5.96. The zero-order chi connectivity index (χ0) is 15.7. The van der Waals surface area contributed by atoms with Crippen LogP contribution in [0.25, 0.3) is 0 Å². The molecular weight excluding hydrogens is 274 g/mol. The van der Waals surface area contributed by atoms with Crippen LogP contribution in [0.3, 0.4) is 0 Å². The number of carbonyl (C=O) groups excluding carboxylic acids is 2. The second-order valence-electron chi connectivity index (χ2n) is 4.22. The summed E-state index contributed by atoms with van der Waals surface area (Å²) in [5.41, 5.74) is 6.97. The van der Waals surface area contributed by atoms with E-state index in [1.807, 2.05) is 0 Å². The number of nitrogens with one attached hydrogen (secondary N) is 2. The van der Waals surface area contributed by atoms with E-state index in [0.29, 0.717) is 24.5 Å². The topological polar surface area (TPSA) is 103 Å². The minimum absolute atomic E-state index is 0.0932. The number of ether oxygens (including phenoxy) is 2. The molecule has 0 saturated carbocycles. The van der Waals surface area contributed by atoms with E-state index < -0.39 is 5.97 Å². The summed E-state index contributed by atoms with van der Waals surface area (Å²) >= 11 is 0. The van der Waals surface area contributed by atoms with Crippen molar-refractivity contribution in [2.24, 2.45) is 0 Å². The van der Waals surface area contributed by atoms with Crippen molar-refractivity contribution in [3.05, 3.63) is 23.8 Å². The van der Waals surface area contributed by atoms with Gasteiger partial charge in [-0.2, -0.15) is 0 Å². The van der Waals surface area contributed by atoms with Crippen molar-refractivity contribution in [3.63, 3.8) is 0 Å². The Morgan fingerprint density at radius 2 is 2.10 bits per heavy atom. The van der Waals surface area contributed by atoms with Crippen LogP contribution in [0.1, 0.15) is 17.3 Å². The molecule has 0 saturated heterocycles. The lowest BCUT2D eigenvalue weighted by atomic mass is 10.1. The van der Waals surface area contributed by atoms with Crippen molar-refractivity contribution in [1.29, 1.82) is 0 Å². The van der Waals surface area contributed by atoms with Gasteiger partial charge in [-0.25, -0.2) is 4.79 Å². The highest BCUT2D eigenvalue weighted by Crippen LogP contribution is 2.18. The van der Waals surface area contributed by atoms with E-state index in [4.69, 9.17) is 15.2 Å². The van der Waals surface area contributed by atoms with E-state index in [1.54, 1.807) is 32.2 Å². The molecule has 0 atom stereocenters. The van der Waals surface area contributed by atoms with Gasteiger partial charge in [0.2, 0.25) is 5.91 Å². The maximum atomic E-state index is 11.7. The van der Waals surface area contributed by atoms with E-state index in [9.17, 15) is 9.59 Å². The lowest BCUT2D eigenvalue weighted by Crippen LogP contribution is -2.32. The molecule has 0 aliphatic rings. The SMILES string of the molecule is CCOC(=O)c1cc(NCC(=O)NCCOC)ccc1N. The predicted molar refractivity (Wildman–Crippen MR) is 80.2 cm³/mol. The van der Waals surface area contributed by atoms with Crippen molar-refractivity contribution in [1.82, 2.24) is 5.32 Å². The van der Waals surface area contributed by atoms with Crippen LogP contribution in [0, 0.1) is 0 Å². The van der Waals surface area contributed by atoms with Gasteiger partial charge >= 0.3 is 5.97 Å². The van der Waals surface area contributed by atoms with Crippen molar-refractivity contribution in [2.45, 2.75) is 6.92 Å². The molecule has 0 aliphatic carbocycles. The Bertz CT molecular complexity index is 491. The monoisotopic (exact) mass is 295 g/mol. The Kier molecular flexibility index (Phi) is 7.03. The molecule has 7 nitrogen and oxygen atoms in total. The van der Waals surface area contributed by atoms with Gasteiger partial charge < -0.3 is 25.8 Å². The fourth-order valence-electron chi connectivity index (χ4n) is 1.59. The molecule has 0 spiro atoms. The van der Waals surface area contributed by atoms with E-state index in [0.717, 1.165) is 0 Å². The first-order chi connectivity index (χ1) is 10.1. The van der Waals surface area contributed by atoms with E-state index in [-0.39, 0.29) is 24.6 Å². The molecule has 0 unspecified atom stereocenters. The minimum Gasteiger partial charge on any atom is -0.462 e. The van der Waals surface area contributed by atoms with Crippen molar-refractivity contribution in [2.75, 3.05) is 44.5 Å². The van der Waals surface area contributed by atoms with Crippen LogP contribution in [0.15, 0.2) is 18.2 Å². The molecule has 0 aliphatic heterocycles. The number of methoxy groups -OCH3 is 1. The summed E-state index contributed by atoms with van der Waals surface area (Å²) < 4.78 is 9.75. The summed E-state index contributed by atoms with van der Waals surface area (Å²) in [7, 11) is 1.57. The molecule has 1 amide bonds. The van der Waals surface area contributed by atoms with E-state index in [2.05, 4.69) is 10.6 Å². The lowest BCUT2D eigenvalue weighted by Gasteiger charge is -2.10. The number of nitrogens with two attached hydrogens (primary N) is 1. The number of amides is 1. The van der Waals surface area contributed by atoms with Gasteiger partial charge in [-0.3, -0.25) is 4.79 Å². The van der Waals surface area contributed by atoms with Crippen LogP contribution in [-0.2, 0) is 14.3 Å². The van der Waals surface area contributed by atoms with Crippen LogP contribution in [-0.4, -0.2) is 45.3 Å². The molecular formula is C14H21N3O4. The third-order valence-electron chi connectivity index (χ3n) is 2.63.